The number of nitrogen functional groups attached to an aromatic ring is 1. The first-order valence-electron chi connectivity index (χ1n) is 7.13. The second kappa shape index (κ2) is 8.69. The molecule has 0 saturated heterocycles. The van der Waals surface area contributed by atoms with E-state index in [4.69, 9.17) is 10.6 Å². The maximum atomic E-state index is 5.72. The van der Waals surface area contributed by atoms with Crippen LogP contribution in [0.1, 0.15) is 56.8 Å². The van der Waals surface area contributed by atoms with Gasteiger partial charge in [0, 0.05) is 0 Å². The van der Waals surface area contributed by atoms with Crippen LogP contribution in [0.15, 0.2) is 0 Å². The molecule has 0 aliphatic carbocycles. The Balaban J connectivity index is 2.35. The minimum atomic E-state index is 0.630. The van der Waals surface area contributed by atoms with Crippen LogP contribution in [0.5, 0.6) is 5.88 Å². The average molecular weight is 266 g/mol. The summed E-state index contributed by atoms with van der Waals surface area (Å²) in [7, 11) is 0. The van der Waals surface area contributed by atoms with Crippen LogP contribution in [0.4, 0.5) is 5.82 Å². The highest BCUT2D eigenvalue weighted by Gasteiger charge is 2.09. The molecule has 0 bridgehead atoms. The summed E-state index contributed by atoms with van der Waals surface area (Å²) in [6.45, 7) is 6.67. The van der Waals surface area contributed by atoms with Gasteiger partial charge in [0.1, 0.15) is 11.6 Å². The molecule has 108 valence electrons. The number of nitrogens with one attached hydrogen (secondary N) is 1. The van der Waals surface area contributed by atoms with Crippen molar-refractivity contribution in [3.8, 4) is 5.88 Å². The Morgan fingerprint density at radius 1 is 1.05 bits per heavy atom. The monoisotopic (exact) mass is 266 g/mol. The summed E-state index contributed by atoms with van der Waals surface area (Å²) in [5.74, 6) is 7.34. The number of aryl methyl sites for hydroxylation is 1. The zero-order chi connectivity index (χ0) is 14.1. The molecule has 5 nitrogen and oxygen atoms in total. The van der Waals surface area contributed by atoms with Gasteiger partial charge < -0.3 is 10.2 Å². The highest BCUT2D eigenvalue weighted by molar-refractivity contribution is 5.47. The van der Waals surface area contributed by atoms with Crippen molar-refractivity contribution in [2.45, 2.75) is 59.3 Å². The van der Waals surface area contributed by atoms with Gasteiger partial charge in [-0.05, 0) is 20.3 Å². The summed E-state index contributed by atoms with van der Waals surface area (Å²) in [5.41, 5.74) is 3.43. The van der Waals surface area contributed by atoms with Crippen LogP contribution in [0.25, 0.3) is 0 Å². The van der Waals surface area contributed by atoms with Crippen molar-refractivity contribution in [2.75, 3.05) is 12.0 Å². The zero-order valence-electron chi connectivity index (χ0n) is 12.3. The molecule has 0 aliphatic heterocycles. The van der Waals surface area contributed by atoms with Crippen molar-refractivity contribution in [1.82, 2.24) is 9.97 Å². The Morgan fingerprint density at radius 2 is 1.74 bits per heavy atom. The van der Waals surface area contributed by atoms with E-state index in [1.807, 2.05) is 13.8 Å². The summed E-state index contributed by atoms with van der Waals surface area (Å²) in [5, 5.41) is 0. The smallest absolute Gasteiger partial charge is 0.221 e. The molecule has 0 amide bonds. The number of nitrogens with zero attached hydrogens (tertiary/aromatic N) is 2. The number of aromatic nitrogens is 2. The summed E-state index contributed by atoms with van der Waals surface area (Å²) in [6.07, 6.45) is 7.50. The van der Waals surface area contributed by atoms with Gasteiger partial charge in [0.25, 0.3) is 0 Å². The predicted molar refractivity (Wildman–Crippen MR) is 78.2 cm³/mol. The molecule has 0 aromatic carbocycles. The molecule has 1 rings (SSSR count). The second-order valence-corrected chi connectivity index (χ2v) is 4.81. The lowest BCUT2D eigenvalue weighted by Crippen LogP contribution is -2.13. The van der Waals surface area contributed by atoms with Crippen LogP contribution in [0, 0.1) is 13.8 Å². The zero-order valence-corrected chi connectivity index (χ0v) is 12.3. The first kappa shape index (κ1) is 15.7. The van der Waals surface area contributed by atoms with Gasteiger partial charge in [-0.1, -0.05) is 39.0 Å². The van der Waals surface area contributed by atoms with Gasteiger partial charge in [0.15, 0.2) is 0 Å². The Hall–Kier alpha value is -1.36. The third kappa shape index (κ3) is 5.42. The van der Waals surface area contributed by atoms with Crippen LogP contribution in [0.3, 0.4) is 0 Å². The van der Waals surface area contributed by atoms with E-state index in [9.17, 15) is 0 Å². The number of ether oxygens (including phenoxy) is 1. The van der Waals surface area contributed by atoms with E-state index in [-0.39, 0.29) is 0 Å². The fraction of sp³-hybridized carbons (Fsp3) is 0.714. The van der Waals surface area contributed by atoms with Crippen molar-refractivity contribution in [1.29, 1.82) is 0 Å². The van der Waals surface area contributed by atoms with Crippen LogP contribution >= 0.6 is 0 Å². The molecule has 5 heteroatoms. The molecule has 0 atom stereocenters. The maximum Gasteiger partial charge on any atom is 0.221 e. The van der Waals surface area contributed by atoms with E-state index in [2.05, 4.69) is 22.3 Å². The van der Waals surface area contributed by atoms with Gasteiger partial charge in [-0.3, -0.25) is 0 Å². The highest BCUT2D eigenvalue weighted by atomic mass is 16.5. The molecule has 0 spiro atoms. The summed E-state index contributed by atoms with van der Waals surface area (Å²) < 4.78 is 5.72. The number of hydrazine groups is 1. The molecule has 0 unspecified atom stereocenters. The molecule has 0 aliphatic rings. The number of anilines is 1. The molecule has 0 fully saturated rings. The highest BCUT2D eigenvalue weighted by Crippen LogP contribution is 2.21. The van der Waals surface area contributed by atoms with Gasteiger partial charge in [-0.2, -0.15) is 4.98 Å². The van der Waals surface area contributed by atoms with Crippen LogP contribution in [0.2, 0.25) is 0 Å². The van der Waals surface area contributed by atoms with Crippen molar-refractivity contribution < 1.29 is 4.74 Å². The minimum absolute atomic E-state index is 0.630. The lowest BCUT2D eigenvalue weighted by molar-refractivity contribution is 0.290. The topological polar surface area (TPSA) is 73.1 Å². The summed E-state index contributed by atoms with van der Waals surface area (Å²) in [6, 6.07) is 0. The van der Waals surface area contributed by atoms with Gasteiger partial charge in [0.2, 0.25) is 5.88 Å². The molecule has 3 N–H and O–H groups in total. The number of hydrogen-bond donors (Lipinski definition) is 2. The maximum absolute atomic E-state index is 5.72. The first-order valence-corrected chi connectivity index (χ1v) is 7.13. The molecule has 1 aromatic heterocycles. The fourth-order valence-electron chi connectivity index (χ4n) is 1.94. The normalized spacial score (nSPS) is 10.5. The SMILES string of the molecule is CCCCCCCCOc1nc(C)nc(NN)c1C. The van der Waals surface area contributed by atoms with Crippen molar-refractivity contribution in [3.05, 3.63) is 11.4 Å². The van der Waals surface area contributed by atoms with E-state index < -0.39 is 0 Å². The quantitative estimate of drug-likeness (QED) is 0.408. The summed E-state index contributed by atoms with van der Waals surface area (Å²) in [4.78, 5) is 8.50. The number of rotatable bonds is 9. The van der Waals surface area contributed by atoms with E-state index in [1.165, 1.54) is 32.1 Å². The first-order chi connectivity index (χ1) is 9.19. The lowest BCUT2D eigenvalue weighted by Gasteiger charge is -2.11. The fourth-order valence-corrected chi connectivity index (χ4v) is 1.94. The van der Waals surface area contributed by atoms with E-state index in [0.717, 1.165) is 12.0 Å². The molecule has 1 aromatic rings. The van der Waals surface area contributed by atoms with Gasteiger partial charge in [-0.25, -0.2) is 10.8 Å². The number of nitrogens with two attached hydrogens (primary N) is 1. The lowest BCUT2D eigenvalue weighted by atomic mass is 10.1. The van der Waals surface area contributed by atoms with E-state index in [0.29, 0.717) is 24.1 Å². The predicted octanol–water partition coefficient (Wildman–Crippen LogP) is 3.12. The van der Waals surface area contributed by atoms with Crippen LogP contribution in [-0.4, -0.2) is 16.6 Å². The van der Waals surface area contributed by atoms with Crippen LogP contribution in [-0.2, 0) is 0 Å². The average Bonchev–Trinajstić information content (AvgIpc) is 2.41. The van der Waals surface area contributed by atoms with Crippen molar-refractivity contribution in [3.63, 3.8) is 0 Å². The minimum Gasteiger partial charge on any atom is -0.477 e. The van der Waals surface area contributed by atoms with Gasteiger partial charge in [-0.15, -0.1) is 0 Å². The van der Waals surface area contributed by atoms with Gasteiger partial charge in [0.05, 0.1) is 12.2 Å². The van der Waals surface area contributed by atoms with Crippen molar-refractivity contribution >= 4 is 5.82 Å². The Labute approximate surface area is 115 Å². The van der Waals surface area contributed by atoms with E-state index in [1.54, 1.807) is 0 Å². The largest absolute Gasteiger partial charge is 0.477 e. The standard InChI is InChI=1S/C14H26N4O/c1-4-5-6-7-8-9-10-19-14-11(2)13(18-15)16-12(3)17-14/h4-10,15H2,1-3H3,(H,16,17,18). The van der Waals surface area contributed by atoms with Crippen LogP contribution < -0.4 is 16.0 Å². The van der Waals surface area contributed by atoms with Crippen molar-refractivity contribution in [2.24, 2.45) is 5.84 Å². The second-order valence-electron chi connectivity index (χ2n) is 4.81. The molecule has 0 saturated carbocycles. The molecule has 19 heavy (non-hydrogen) atoms. The van der Waals surface area contributed by atoms with Gasteiger partial charge >= 0.3 is 0 Å². The molecular weight excluding hydrogens is 240 g/mol. The number of unbranched alkanes of at least 4 members (excludes halogenated alkanes) is 5. The number of hydrogen-bond acceptors (Lipinski definition) is 5. The Kier molecular flexibility index (Phi) is 7.18. The Morgan fingerprint density at radius 3 is 2.42 bits per heavy atom. The van der Waals surface area contributed by atoms with E-state index >= 15 is 0 Å². The molecule has 0 radical (unpaired) electrons. The third-order valence-corrected chi connectivity index (χ3v) is 3.09. The molecule has 1 heterocycles. The third-order valence-electron chi connectivity index (χ3n) is 3.09. The Bertz CT molecular complexity index is 382. The summed E-state index contributed by atoms with van der Waals surface area (Å²) >= 11 is 0. The molecular formula is C14H26N4O.